The van der Waals surface area contributed by atoms with Gasteiger partial charge in [0.05, 0.1) is 12.6 Å². The number of aliphatic hydroxyl groups is 1. The number of hydrogen-bond acceptors (Lipinski definition) is 3. The minimum Gasteiger partial charge on any atom is -0.387 e. The van der Waals surface area contributed by atoms with Gasteiger partial charge in [0.25, 0.3) is 0 Å². The zero-order chi connectivity index (χ0) is 16.1. The maximum atomic E-state index is 12.9. The summed E-state index contributed by atoms with van der Waals surface area (Å²) in [4.78, 5) is 25.3. The van der Waals surface area contributed by atoms with E-state index in [4.69, 9.17) is 0 Å². The number of nitrogens with zero attached hydrogens (tertiary/aromatic N) is 1. The van der Waals surface area contributed by atoms with Gasteiger partial charge in [-0.25, -0.2) is 4.39 Å². The molecule has 6 heteroatoms. The van der Waals surface area contributed by atoms with Crippen molar-refractivity contribution in [2.75, 3.05) is 13.1 Å². The lowest BCUT2D eigenvalue weighted by Crippen LogP contribution is -2.39. The average molecular weight is 308 g/mol. The van der Waals surface area contributed by atoms with Crippen molar-refractivity contribution < 1.29 is 19.1 Å². The highest BCUT2D eigenvalue weighted by molar-refractivity contribution is 5.97. The van der Waals surface area contributed by atoms with Crippen LogP contribution in [0.25, 0.3) is 0 Å². The summed E-state index contributed by atoms with van der Waals surface area (Å²) in [6, 6.07) is 5.64. The highest BCUT2D eigenvalue weighted by Crippen LogP contribution is 2.29. The van der Waals surface area contributed by atoms with Crippen molar-refractivity contribution in [1.29, 1.82) is 0 Å². The third kappa shape index (κ3) is 4.53. The van der Waals surface area contributed by atoms with E-state index in [0.29, 0.717) is 12.1 Å². The quantitative estimate of drug-likeness (QED) is 0.748. The van der Waals surface area contributed by atoms with Crippen LogP contribution in [-0.4, -0.2) is 41.0 Å². The van der Waals surface area contributed by atoms with Crippen molar-refractivity contribution in [2.24, 2.45) is 0 Å². The fourth-order valence-electron chi connectivity index (χ4n) is 2.32. The van der Waals surface area contributed by atoms with E-state index >= 15 is 0 Å². The first-order valence-electron chi connectivity index (χ1n) is 7.51. The molecule has 0 radical (unpaired) electrons. The number of aliphatic hydroxyl groups excluding tert-OH is 1. The molecule has 0 aromatic heterocycles. The Hall–Kier alpha value is -1.95. The molecule has 1 unspecified atom stereocenters. The lowest BCUT2D eigenvalue weighted by Gasteiger charge is -2.25. The first-order chi connectivity index (χ1) is 10.5. The van der Waals surface area contributed by atoms with Crippen LogP contribution < -0.4 is 5.32 Å². The van der Waals surface area contributed by atoms with Gasteiger partial charge in [-0.05, 0) is 37.5 Å². The predicted molar refractivity (Wildman–Crippen MR) is 79.4 cm³/mol. The lowest BCUT2D eigenvalue weighted by molar-refractivity contribution is -0.137. The fourth-order valence-corrected chi connectivity index (χ4v) is 2.32. The zero-order valence-electron chi connectivity index (χ0n) is 12.6. The molecule has 1 atom stereocenters. The van der Waals surface area contributed by atoms with E-state index in [1.54, 1.807) is 11.8 Å². The molecule has 120 valence electrons. The van der Waals surface area contributed by atoms with Gasteiger partial charge in [0.1, 0.15) is 12.2 Å². The molecule has 2 rings (SSSR count). The normalized spacial score (nSPS) is 15.2. The average Bonchev–Trinajstić information content (AvgIpc) is 3.29. The Morgan fingerprint density at radius 1 is 1.36 bits per heavy atom. The largest absolute Gasteiger partial charge is 0.387 e. The summed E-state index contributed by atoms with van der Waals surface area (Å²) in [6.07, 6.45) is 0.675. The molecule has 1 fully saturated rings. The Kier molecular flexibility index (Phi) is 5.49. The maximum Gasteiger partial charge on any atom is 0.232 e. The molecule has 22 heavy (non-hydrogen) atoms. The molecule has 1 aliphatic rings. The number of hydrogen-bond donors (Lipinski definition) is 2. The summed E-state index contributed by atoms with van der Waals surface area (Å²) in [5.41, 5.74) is 0.554. The van der Waals surface area contributed by atoms with Crippen LogP contribution >= 0.6 is 0 Å². The second-order valence-electron chi connectivity index (χ2n) is 5.47. The molecule has 1 aromatic carbocycles. The SMILES string of the molecule is CCNC(=O)CC(=O)N(CC(O)c1ccc(F)cc1)C1CC1. The van der Waals surface area contributed by atoms with Gasteiger partial charge in [0.15, 0.2) is 0 Å². The number of carbonyl (C=O) groups excluding carboxylic acids is 2. The van der Waals surface area contributed by atoms with Gasteiger partial charge in [-0.3, -0.25) is 9.59 Å². The summed E-state index contributed by atoms with van der Waals surface area (Å²) >= 11 is 0. The third-order valence-electron chi connectivity index (χ3n) is 3.62. The van der Waals surface area contributed by atoms with Crippen molar-refractivity contribution in [2.45, 2.75) is 38.3 Å². The van der Waals surface area contributed by atoms with Crippen molar-refractivity contribution in [3.05, 3.63) is 35.6 Å². The van der Waals surface area contributed by atoms with Crippen molar-refractivity contribution in [1.82, 2.24) is 10.2 Å². The highest BCUT2D eigenvalue weighted by Gasteiger charge is 2.34. The summed E-state index contributed by atoms with van der Waals surface area (Å²) in [6.45, 7) is 2.39. The van der Waals surface area contributed by atoms with Crippen molar-refractivity contribution >= 4 is 11.8 Å². The van der Waals surface area contributed by atoms with E-state index in [0.717, 1.165) is 12.8 Å². The topological polar surface area (TPSA) is 69.6 Å². The molecule has 0 saturated heterocycles. The van der Waals surface area contributed by atoms with Crippen LogP contribution in [0.15, 0.2) is 24.3 Å². The van der Waals surface area contributed by atoms with Gasteiger partial charge < -0.3 is 15.3 Å². The highest BCUT2D eigenvalue weighted by atomic mass is 19.1. The summed E-state index contributed by atoms with van der Waals surface area (Å²) in [5.74, 6) is -0.966. The van der Waals surface area contributed by atoms with E-state index in [1.165, 1.54) is 24.3 Å². The molecule has 0 heterocycles. The van der Waals surface area contributed by atoms with Crippen LogP contribution in [0.1, 0.15) is 37.9 Å². The van der Waals surface area contributed by atoms with Gasteiger partial charge in [0, 0.05) is 12.6 Å². The molecule has 0 aliphatic heterocycles. The second kappa shape index (κ2) is 7.35. The predicted octanol–water partition coefficient (Wildman–Crippen LogP) is 1.38. The first kappa shape index (κ1) is 16.4. The molecule has 2 N–H and O–H groups in total. The Bertz CT molecular complexity index is 529. The first-order valence-corrected chi connectivity index (χ1v) is 7.51. The molecule has 0 spiro atoms. The standard InChI is InChI=1S/C16H21FN2O3/c1-2-18-15(21)9-16(22)19(13-7-8-13)10-14(20)11-3-5-12(17)6-4-11/h3-6,13-14,20H,2,7-10H2,1H3,(H,18,21). The molecule has 1 aliphatic carbocycles. The molecule has 0 bridgehead atoms. The zero-order valence-corrected chi connectivity index (χ0v) is 12.6. The van der Waals surface area contributed by atoms with E-state index in [-0.39, 0.29) is 36.6 Å². The van der Waals surface area contributed by atoms with Gasteiger partial charge >= 0.3 is 0 Å². The molecule has 1 aromatic rings. The van der Waals surface area contributed by atoms with Crippen LogP contribution in [0, 0.1) is 5.82 Å². The van der Waals surface area contributed by atoms with Crippen LogP contribution in [0.5, 0.6) is 0 Å². The van der Waals surface area contributed by atoms with E-state index < -0.39 is 6.10 Å². The minimum atomic E-state index is -0.889. The van der Waals surface area contributed by atoms with Crippen LogP contribution in [-0.2, 0) is 9.59 Å². The molecular formula is C16H21FN2O3. The number of carbonyl (C=O) groups is 2. The smallest absolute Gasteiger partial charge is 0.232 e. The Morgan fingerprint density at radius 2 is 2.00 bits per heavy atom. The Morgan fingerprint density at radius 3 is 2.55 bits per heavy atom. The van der Waals surface area contributed by atoms with Gasteiger partial charge in [-0.2, -0.15) is 0 Å². The monoisotopic (exact) mass is 308 g/mol. The van der Waals surface area contributed by atoms with Gasteiger partial charge in [-0.1, -0.05) is 12.1 Å². The number of rotatable bonds is 7. The summed E-state index contributed by atoms with van der Waals surface area (Å²) in [5, 5.41) is 12.8. The minimum absolute atomic E-state index is 0.0945. The van der Waals surface area contributed by atoms with E-state index in [9.17, 15) is 19.1 Å². The van der Waals surface area contributed by atoms with Crippen LogP contribution in [0.4, 0.5) is 4.39 Å². The molecule has 5 nitrogen and oxygen atoms in total. The van der Waals surface area contributed by atoms with E-state index in [1.807, 2.05) is 0 Å². The Labute approximate surface area is 129 Å². The molecule has 2 amide bonds. The number of amides is 2. The molecule has 1 saturated carbocycles. The summed E-state index contributed by atoms with van der Waals surface area (Å²) in [7, 11) is 0. The van der Waals surface area contributed by atoms with Gasteiger partial charge in [0.2, 0.25) is 11.8 Å². The fraction of sp³-hybridized carbons (Fsp3) is 0.500. The molecular weight excluding hydrogens is 287 g/mol. The van der Waals surface area contributed by atoms with Gasteiger partial charge in [-0.15, -0.1) is 0 Å². The summed E-state index contributed by atoms with van der Waals surface area (Å²) < 4.78 is 12.9. The lowest BCUT2D eigenvalue weighted by atomic mass is 10.1. The van der Waals surface area contributed by atoms with Crippen LogP contribution in [0.3, 0.4) is 0 Å². The maximum absolute atomic E-state index is 12.9. The van der Waals surface area contributed by atoms with Crippen molar-refractivity contribution in [3.63, 3.8) is 0 Å². The van der Waals surface area contributed by atoms with Crippen LogP contribution in [0.2, 0.25) is 0 Å². The number of benzene rings is 1. The number of nitrogens with one attached hydrogen (secondary N) is 1. The third-order valence-corrected chi connectivity index (χ3v) is 3.62. The van der Waals surface area contributed by atoms with Crippen molar-refractivity contribution in [3.8, 4) is 0 Å². The second-order valence-corrected chi connectivity index (χ2v) is 5.47. The van der Waals surface area contributed by atoms with E-state index in [2.05, 4.69) is 5.32 Å². The number of halogens is 1. The Balaban J connectivity index is 1.97.